The minimum Gasteiger partial charge on any atom is -0.496 e. The Kier molecular flexibility index (Phi) is 6.72. The summed E-state index contributed by atoms with van der Waals surface area (Å²) in [6, 6.07) is 7.03. The van der Waals surface area contributed by atoms with Crippen LogP contribution in [0.4, 0.5) is 8.78 Å². The lowest BCUT2D eigenvalue weighted by atomic mass is 10.1. The summed E-state index contributed by atoms with van der Waals surface area (Å²) in [7, 11) is 2.99. The second kappa shape index (κ2) is 9.73. The molecule has 1 aliphatic heterocycles. The number of fused-ring (bicyclic) bond motifs is 1. The summed E-state index contributed by atoms with van der Waals surface area (Å²) in [5.74, 6) is -1.91. The molecule has 0 N–H and O–H groups in total. The van der Waals surface area contributed by atoms with E-state index in [1.165, 1.54) is 33.8 Å². The number of pyridine rings is 1. The van der Waals surface area contributed by atoms with E-state index in [1.807, 2.05) is 6.92 Å². The van der Waals surface area contributed by atoms with Crippen molar-refractivity contribution in [3.05, 3.63) is 87.2 Å². The molecule has 0 saturated heterocycles. The van der Waals surface area contributed by atoms with E-state index in [4.69, 9.17) is 9.15 Å². The number of aromatic nitrogens is 1. The number of rotatable bonds is 5. The molecule has 4 rings (SSSR count). The number of methoxy groups -OCH3 is 1. The van der Waals surface area contributed by atoms with Crippen molar-refractivity contribution in [1.29, 1.82) is 0 Å². The summed E-state index contributed by atoms with van der Waals surface area (Å²) < 4.78 is 40.1. The van der Waals surface area contributed by atoms with Crippen molar-refractivity contribution in [2.75, 3.05) is 27.2 Å². The van der Waals surface area contributed by atoms with Crippen molar-refractivity contribution >= 4 is 11.8 Å². The van der Waals surface area contributed by atoms with E-state index in [0.717, 1.165) is 18.2 Å². The zero-order valence-electron chi connectivity index (χ0n) is 19.6. The molecule has 3 heterocycles. The molecule has 10 heteroatoms. The second-order valence-electron chi connectivity index (χ2n) is 8.30. The first-order valence-corrected chi connectivity index (χ1v) is 11.1. The topological polar surface area (TPSA) is 85.0 Å². The molecule has 2 aromatic heterocycles. The highest BCUT2D eigenvalue weighted by molar-refractivity contribution is 5.98. The maximum absolute atomic E-state index is 14.2. The molecule has 8 nitrogen and oxygen atoms in total. The maximum atomic E-state index is 14.2. The van der Waals surface area contributed by atoms with Gasteiger partial charge < -0.3 is 23.5 Å². The first-order valence-electron chi connectivity index (χ1n) is 11.1. The fraction of sp³-hybridized carbons (Fsp3) is 0.320. The van der Waals surface area contributed by atoms with E-state index in [-0.39, 0.29) is 54.4 Å². The third kappa shape index (κ3) is 4.55. The van der Waals surface area contributed by atoms with E-state index in [0.29, 0.717) is 11.5 Å². The third-order valence-corrected chi connectivity index (χ3v) is 6.33. The molecule has 1 unspecified atom stereocenters. The number of hydrogen-bond acceptors (Lipinski definition) is 5. The highest BCUT2D eigenvalue weighted by Crippen LogP contribution is 2.28. The van der Waals surface area contributed by atoms with Gasteiger partial charge in [-0.3, -0.25) is 14.4 Å². The van der Waals surface area contributed by atoms with Crippen LogP contribution in [0.3, 0.4) is 0 Å². The molecule has 0 bridgehead atoms. The van der Waals surface area contributed by atoms with Crippen LogP contribution in [0.1, 0.15) is 45.1 Å². The third-order valence-electron chi connectivity index (χ3n) is 6.33. The van der Waals surface area contributed by atoms with E-state index >= 15 is 0 Å². The summed E-state index contributed by atoms with van der Waals surface area (Å²) in [5, 5.41) is 0. The summed E-state index contributed by atoms with van der Waals surface area (Å²) in [4.78, 5) is 42.2. The Morgan fingerprint density at radius 1 is 1.14 bits per heavy atom. The lowest BCUT2D eigenvalue weighted by Crippen LogP contribution is -2.35. The van der Waals surface area contributed by atoms with Gasteiger partial charge >= 0.3 is 0 Å². The molecule has 1 aromatic carbocycles. The van der Waals surface area contributed by atoms with E-state index in [2.05, 4.69) is 0 Å². The number of halogens is 2. The molecule has 0 fully saturated rings. The van der Waals surface area contributed by atoms with Gasteiger partial charge in [-0.05, 0) is 37.3 Å². The predicted molar refractivity (Wildman–Crippen MR) is 122 cm³/mol. The minimum atomic E-state index is -0.832. The molecule has 3 aromatic rings. The number of benzene rings is 1. The Morgan fingerprint density at radius 2 is 1.91 bits per heavy atom. The molecule has 0 radical (unpaired) electrons. The number of amides is 2. The Labute approximate surface area is 200 Å². The fourth-order valence-electron chi connectivity index (χ4n) is 4.25. The normalized spacial score (nSPS) is 14.1. The largest absolute Gasteiger partial charge is 0.496 e. The standard InChI is InChI=1S/C25H25F2N3O5/c1-15(20-5-4-12-35-20)28(2)25(33)23-19-8-9-29(10-11-30(19)22(31)14-21(23)34-3)24(32)17-13-16(26)6-7-18(17)27/h4-7,12-15H,8-11H2,1-3H3. The van der Waals surface area contributed by atoms with Crippen molar-refractivity contribution in [3.63, 3.8) is 0 Å². The minimum absolute atomic E-state index is 0.0819. The van der Waals surface area contributed by atoms with Gasteiger partial charge in [-0.15, -0.1) is 0 Å². The van der Waals surface area contributed by atoms with Crippen LogP contribution < -0.4 is 10.3 Å². The Hall–Kier alpha value is -3.95. The zero-order valence-corrected chi connectivity index (χ0v) is 19.6. The van der Waals surface area contributed by atoms with Crippen LogP contribution in [0.5, 0.6) is 5.75 Å². The lowest BCUT2D eigenvalue weighted by molar-refractivity contribution is 0.0719. The Bertz CT molecular complexity index is 1320. The lowest BCUT2D eigenvalue weighted by Gasteiger charge is -2.26. The highest BCUT2D eigenvalue weighted by atomic mass is 19.1. The number of ether oxygens (including phenoxy) is 1. The summed E-state index contributed by atoms with van der Waals surface area (Å²) in [6.07, 6.45) is 1.66. The van der Waals surface area contributed by atoms with Crippen molar-refractivity contribution in [2.45, 2.75) is 25.9 Å². The Morgan fingerprint density at radius 3 is 2.60 bits per heavy atom. The molecule has 2 amide bonds. The van der Waals surface area contributed by atoms with Crippen molar-refractivity contribution in [2.24, 2.45) is 0 Å². The highest BCUT2D eigenvalue weighted by Gasteiger charge is 2.31. The van der Waals surface area contributed by atoms with Gasteiger partial charge in [0, 0.05) is 44.9 Å². The molecule has 0 spiro atoms. The van der Waals surface area contributed by atoms with Crippen LogP contribution in [0.15, 0.2) is 51.9 Å². The molecule has 35 heavy (non-hydrogen) atoms. The van der Waals surface area contributed by atoms with Gasteiger partial charge in [0.2, 0.25) is 0 Å². The van der Waals surface area contributed by atoms with Crippen LogP contribution in [-0.2, 0) is 13.0 Å². The average Bonchev–Trinajstić information content (AvgIpc) is 3.30. The molecular weight excluding hydrogens is 460 g/mol. The SMILES string of the molecule is COc1cc(=O)n2c(c1C(=O)N(C)C(C)c1ccco1)CCN(C(=O)c1cc(F)ccc1F)CC2. The smallest absolute Gasteiger partial charge is 0.259 e. The van der Waals surface area contributed by atoms with Crippen LogP contribution in [-0.4, -0.2) is 53.4 Å². The first-order chi connectivity index (χ1) is 16.7. The second-order valence-corrected chi connectivity index (χ2v) is 8.30. The molecule has 184 valence electrons. The van der Waals surface area contributed by atoms with Crippen LogP contribution in [0.25, 0.3) is 0 Å². The van der Waals surface area contributed by atoms with Crippen molar-refractivity contribution in [3.8, 4) is 5.75 Å². The molecule has 0 aliphatic carbocycles. The number of carbonyl (C=O) groups is 2. The van der Waals surface area contributed by atoms with Crippen LogP contribution in [0, 0.1) is 11.6 Å². The van der Waals surface area contributed by atoms with Gasteiger partial charge in [0.1, 0.15) is 28.7 Å². The monoisotopic (exact) mass is 485 g/mol. The fourth-order valence-corrected chi connectivity index (χ4v) is 4.25. The summed E-state index contributed by atoms with van der Waals surface area (Å²) >= 11 is 0. The van der Waals surface area contributed by atoms with Gasteiger partial charge in [0.15, 0.2) is 0 Å². The van der Waals surface area contributed by atoms with Crippen LogP contribution in [0.2, 0.25) is 0 Å². The van der Waals surface area contributed by atoms with E-state index in [9.17, 15) is 23.2 Å². The van der Waals surface area contributed by atoms with E-state index < -0.39 is 23.6 Å². The van der Waals surface area contributed by atoms with Gasteiger partial charge in [-0.1, -0.05) is 0 Å². The molecular formula is C25H25F2N3O5. The van der Waals surface area contributed by atoms with Gasteiger partial charge in [0.25, 0.3) is 17.4 Å². The van der Waals surface area contributed by atoms with Gasteiger partial charge in [-0.2, -0.15) is 0 Å². The number of hydrogen-bond donors (Lipinski definition) is 0. The summed E-state index contributed by atoms with van der Waals surface area (Å²) in [5.41, 5.74) is -0.155. The molecule has 0 saturated carbocycles. The van der Waals surface area contributed by atoms with Gasteiger partial charge in [-0.25, -0.2) is 8.78 Å². The quantitative estimate of drug-likeness (QED) is 0.554. The van der Waals surface area contributed by atoms with E-state index in [1.54, 1.807) is 19.2 Å². The number of carbonyl (C=O) groups excluding carboxylic acids is 2. The number of nitrogens with zero attached hydrogens (tertiary/aromatic N) is 3. The van der Waals surface area contributed by atoms with Crippen LogP contribution >= 0.6 is 0 Å². The zero-order chi connectivity index (χ0) is 25.3. The predicted octanol–water partition coefficient (Wildman–Crippen LogP) is 3.26. The Balaban J connectivity index is 1.68. The average molecular weight is 485 g/mol. The maximum Gasteiger partial charge on any atom is 0.259 e. The van der Waals surface area contributed by atoms with Crippen molar-refractivity contribution in [1.82, 2.24) is 14.4 Å². The molecule has 1 atom stereocenters. The number of furan rings is 1. The summed E-state index contributed by atoms with van der Waals surface area (Å²) in [6.45, 7) is 2.07. The van der Waals surface area contributed by atoms with Gasteiger partial charge in [0.05, 0.1) is 25.0 Å². The first kappa shape index (κ1) is 24.2. The van der Waals surface area contributed by atoms with Crippen molar-refractivity contribution < 1.29 is 27.5 Å². The molecule has 1 aliphatic rings.